The molecule has 0 aliphatic rings. The standard InChI is InChI=1S/C11H14BrNO3/c1-11(2,10(14)15)3-4-16-9-5-8(12)6-13-7-9/h5-7H,3-4H2,1-2H3,(H,14,15). The molecule has 88 valence electrons. The van der Waals surface area contributed by atoms with Crippen LogP contribution in [0, 0.1) is 5.41 Å². The fourth-order valence-corrected chi connectivity index (χ4v) is 1.35. The van der Waals surface area contributed by atoms with Gasteiger partial charge in [0.25, 0.3) is 0 Å². The highest BCUT2D eigenvalue weighted by atomic mass is 79.9. The summed E-state index contributed by atoms with van der Waals surface area (Å²) < 4.78 is 6.25. The van der Waals surface area contributed by atoms with Crippen LogP contribution in [-0.2, 0) is 4.79 Å². The van der Waals surface area contributed by atoms with E-state index in [1.54, 1.807) is 32.3 Å². The van der Waals surface area contributed by atoms with Crippen molar-refractivity contribution in [3.8, 4) is 5.75 Å². The molecule has 1 aromatic rings. The van der Waals surface area contributed by atoms with Gasteiger partial charge in [-0.15, -0.1) is 0 Å². The normalized spacial score (nSPS) is 11.2. The molecule has 0 saturated heterocycles. The van der Waals surface area contributed by atoms with E-state index in [4.69, 9.17) is 9.84 Å². The van der Waals surface area contributed by atoms with Crippen LogP contribution >= 0.6 is 15.9 Å². The smallest absolute Gasteiger partial charge is 0.309 e. The molecule has 0 aliphatic carbocycles. The van der Waals surface area contributed by atoms with Crippen LogP contribution in [0.15, 0.2) is 22.9 Å². The maximum absolute atomic E-state index is 10.8. The number of hydrogen-bond acceptors (Lipinski definition) is 3. The van der Waals surface area contributed by atoms with Crippen molar-refractivity contribution in [1.29, 1.82) is 0 Å². The molecule has 0 radical (unpaired) electrons. The molecule has 0 amide bonds. The van der Waals surface area contributed by atoms with Gasteiger partial charge < -0.3 is 9.84 Å². The molecule has 0 spiro atoms. The van der Waals surface area contributed by atoms with Gasteiger partial charge in [0.1, 0.15) is 5.75 Å². The number of carboxylic acids is 1. The number of nitrogens with zero attached hydrogens (tertiary/aromatic N) is 1. The number of aliphatic carboxylic acids is 1. The van der Waals surface area contributed by atoms with Gasteiger partial charge in [0.2, 0.25) is 0 Å². The van der Waals surface area contributed by atoms with E-state index < -0.39 is 11.4 Å². The fourth-order valence-electron chi connectivity index (χ4n) is 1.00. The van der Waals surface area contributed by atoms with Crippen LogP contribution in [-0.4, -0.2) is 22.7 Å². The summed E-state index contributed by atoms with van der Waals surface area (Å²) in [6.07, 6.45) is 3.71. The van der Waals surface area contributed by atoms with Crippen LogP contribution in [0.2, 0.25) is 0 Å². The van der Waals surface area contributed by atoms with Crippen molar-refractivity contribution in [3.63, 3.8) is 0 Å². The molecular formula is C11H14BrNO3. The molecule has 0 aromatic carbocycles. The minimum atomic E-state index is -0.816. The number of halogens is 1. The van der Waals surface area contributed by atoms with Crippen LogP contribution in [0.1, 0.15) is 20.3 Å². The number of rotatable bonds is 5. The lowest BCUT2D eigenvalue weighted by molar-refractivity contribution is -0.147. The van der Waals surface area contributed by atoms with Crippen LogP contribution in [0.4, 0.5) is 0 Å². The Morgan fingerprint density at radius 1 is 1.56 bits per heavy atom. The van der Waals surface area contributed by atoms with Gasteiger partial charge in [-0.2, -0.15) is 0 Å². The summed E-state index contributed by atoms with van der Waals surface area (Å²) in [6.45, 7) is 3.72. The Kier molecular flexibility index (Phi) is 4.29. The Hall–Kier alpha value is -1.10. The van der Waals surface area contributed by atoms with Crippen molar-refractivity contribution in [3.05, 3.63) is 22.9 Å². The Morgan fingerprint density at radius 2 is 2.25 bits per heavy atom. The van der Waals surface area contributed by atoms with E-state index in [-0.39, 0.29) is 0 Å². The molecule has 0 bridgehead atoms. The average Bonchev–Trinajstić information content (AvgIpc) is 2.17. The first-order valence-corrected chi connectivity index (χ1v) is 5.68. The molecule has 0 atom stereocenters. The van der Waals surface area contributed by atoms with E-state index in [1.165, 1.54) is 0 Å². The molecule has 1 heterocycles. The first-order chi connectivity index (χ1) is 7.42. The van der Waals surface area contributed by atoms with Crippen LogP contribution in [0.5, 0.6) is 5.75 Å². The van der Waals surface area contributed by atoms with Crippen molar-refractivity contribution in [1.82, 2.24) is 4.98 Å². The summed E-state index contributed by atoms with van der Waals surface area (Å²) in [5.41, 5.74) is -0.764. The number of pyridine rings is 1. The van der Waals surface area contributed by atoms with Crippen molar-refractivity contribution in [2.24, 2.45) is 5.41 Å². The number of carbonyl (C=O) groups is 1. The van der Waals surface area contributed by atoms with E-state index in [0.29, 0.717) is 18.8 Å². The van der Waals surface area contributed by atoms with Gasteiger partial charge in [-0.3, -0.25) is 9.78 Å². The van der Waals surface area contributed by atoms with E-state index in [9.17, 15) is 4.79 Å². The minimum Gasteiger partial charge on any atom is -0.492 e. The maximum atomic E-state index is 10.8. The van der Waals surface area contributed by atoms with Crippen molar-refractivity contribution in [2.75, 3.05) is 6.61 Å². The second-order valence-corrected chi connectivity index (χ2v) is 5.04. The van der Waals surface area contributed by atoms with Gasteiger partial charge in [0, 0.05) is 10.7 Å². The lowest BCUT2D eigenvalue weighted by Crippen LogP contribution is -2.25. The van der Waals surface area contributed by atoms with Gasteiger partial charge in [-0.25, -0.2) is 0 Å². The summed E-state index contributed by atoms with van der Waals surface area (Å²) in [7, 11) is 0. The van der Waals surface area contributed by atoms with E-state index >= 15 is 0 Å². The Labute approximate surface area is 103 Å². The third-order valence-corrected chi connectivity index (χ3v) is 2.69. The molecule has 0 fully saturated rings. The summed E-state index contributed by atoms with van der Waals surface area (Å²) in [5.74, 6) is -0.181. The summed E-state index contributed by atoms with van der Waals surface area (Å²) in [4.78, 5) is 14.8. The molecule has 16 heavy (non-hydrogen) atoms. The third kappa shape index (κ3) is 3.81. The Balaban J connectivity index is 2.45. The van der Waals surface area contributed by atoms with Gasteiger partial charge in [-0.1, -0.05) is 0 Å². The second-order valence-electron chi connectivity index (χ2n) is 4.13. The van der Waals surface area contributed by atoms with Crippen LogP contribution in [0.3, 0.4) is 0 Å². The van der Waals surface area contributed by atoms with Gasteiger partial charge >= 0.3 is 5.97 Å². The van der Waals surface area contributed by atoms with Gasteiger partial charge in [-0.05, 0) is 42.3 Å². The predicted molar refractivity (Wildman–Crippen MR) is 63.5 cm³/mol. The number of hydrogen-bond donors (Lipinski definition) is 1. The molecule has 1 aromatic heterocycles. The zero-order valence-corrected chi connectivity index (χ0v) is 10.8. The third-order valence-electron chi connectivity index (χ3n) is 2.25. The molecule has 0 aliphatic heterocycles. The quantitative estimate of drug-likeness (QED) is 0.905. The highest BCUT2D eigenvalue weighted by molar-refractivity contribution is 9.10. The van der Waals surface area contributed by atoms with Crippen molar-refractivity contribution < 1.29 is 14.6 Å². The second kappa shape index (κ2) is 5.30. The molecule has 0 unspecified atom stereocenters. The highest BCUT2D eigenvalue weighted by Gasteiger charge is 2.26. The molecule has 0 saturated carbocycles. The topological polar surface area (TPSA) is 59.4 Å². The molecule has 5 heteroatoms. The van der Waals surface area contributed by atoms with Crippen molar-refractivity contribution in [2.45, 2.75) is 20.3 Å². The van der Waals surface area contributed by atoms with E-state index in [0.717, 1.165) is 4.47 Å². The predicted octanol–water partition coefficient (Wildman–Crippen LogP) is 2.72. The van der Waals surface area contributed by atoms with Crippen molar-refractivity contribution >= 4 is 21.9 Å². The van der Waals surface area contributed by atoms with Gasteiger partial charge in [0.15, 0.2) is 0 Å². The zero-order chi connectivity index (χ0) is 12.2. The molecular weight excluding hydrogens is 274 g/mol. The van der Waals surface area contributed by atoms with Gasteiger partial charge in [0.05, 0.1) is 18.2 Å². The lowest BCUT2D eigenvalue weighted by atomic mass is 9.90. The first-order valence-electron chi connectivity index (χ1n) is 4.88. The number of aromatic nitrogens is 1. The maximum Gasteiger partial charge on any atom is 0.309 e. The lowest BCUT2D eigenvalue weighted by Gasteiger charge is -2.18. The largest absolute Gasteiger partial charge is 0.492 e. The van der Waals surface area contributed by atoms with Crippen LogP contribution in [0.25, 0.3) is 0 Å². The molecule has 1 rings (SSSR count). The van der Waals surface area contributed by atoms with E-state index in [2.05, 4.69) is 20.9 Å². The molecule has 4 nitrogen and oxygen atoms in total. The Morgan fingerprint density at radius 3 is 2.81 bits per heavy atom. The zero-order valence-electron chi connectivity index (χ0n) is 9.24. The summed E-state index contributed by atoms with van der Waals surface area (Å²) >= 11 is 3.28. The monoisotopic (exact) mass is 287 g/mol. The summed E-state index contributed by atoms with van der Waals surface area (Å²) in [6, 6.07) is 1.79. The Bertz CT molecular complexity index is 379. The number of ether oxygens (including phenoxy) is 1. The van der Waals surface area contributed by atoms with Crippen LogP contribution < -0.4 is 4.74 Å². The minimum absolute atomic E-state index is 0.359. The average molecular weight is 288 g/mol. The summed E-state index contributed by atoms with van der Waals surface area (Å²) in [5, 5.41) is 8.91. The highest BCUT2D eigenvalue weighted by Crippen LogP contribution is 2.22. The number of carboxylic acid groups (broad SMARTS) is 1. The SMILES string of the molecule is CC(C)(CCOc1cncc(Br)c1)C(=O)O. The first kappa shape index (κ1) is 13.0. The fraction of sp³-hybridized carbons (Fsp3) is 0.455. The molecule has 1 N–H and O–H groups in total. The van der Waals surface area contributed by atoms with E-state index in [1.807, 2.05) is 0 Å².